The molecule has 2 aromatic rings. The van der Waals surface area contributed by atoms with Gasteiger partial charge in [-0.2, -0.15) is 0 Å². The molecule has 4 nitrogen and oxygen atoms in total. The van der Waals surface area contributed by atoms with Crippen molar-refractivity contribution in [2.45, 2.75) is 6.61 Å². The fourth-order valence-corrected chi connectivity index (χ4v) is 1.90. The highest BCUT2D eigenvalue weighted by molar-refractivity contribution is 5.97. The molecule has 21 heavy (non-hydrogen) atoms. The molecule has 4 heteroatoms. The molecule has 0 spiro atoms. The molecular weight excluding hydrogens is 268 g/mol. The van der Waals surface area contributed by atoms with Crippen LogP contribution < -0.4 is 9.47 Å². The first-order valence-corrected chi connectivity index (χ1v) is 6.61. The van der Waals surface area contributed by atoms with Gasteiger partial charge >= 0.3 is 0 Å². The van der Waals surface area contributed by atoms with Crippen LogP contribution >= 0.6 is 0 Å². The molecule has 0 bridgehead atoms. The molecule has 0 saturated heterocycles. The van der Waals surface area contributed by atoms with Gasteiger partial charge in [0.25, 0.3) is 0 Å². The molecule has 2 rings (SSSR count). The van der Waals surface area contributed by atoms with Gasteiger partial charge in [-0.05, 0) is 29.8 Å². The fraction of sp³-hybridized carbons (Fsp3) is 0.235. The van der Waals surface area contributed by atoms with Gasteiger partial charge in [0.2, 0.25) is 0 Å². The lowest BCUT2D eigenvalue weighted by molar-refractivity contribution is 0.0726. The van der Waals surface area contributed by atoms with Gasteiger partial charge < -0.3 is 14.2 Å². The van der Waals surface area contributed by atoms with Crippen LogP contribution in [0.3, 0.4) is 0 Å². The standard InChI is InChI=1S/C17H18O4/c1-19-15-7-3-5-13(9-15)11-21-12-17(18)14-6-4-8-16(10-14)20-2/h3-10H,11-12H2,1-2H3. The Morgan fingerprint density at radius 2 is 1.62 bits per heavy atom. The number of benzene rings is 2. The van der Waals surface area contributed by atoms with Crippen LogP contribution in [0.5, 0.6) is 11.5 Å². The van der Waals surface area contributed by atoms with Crippen molar-refractivity contribution in [3.63, 3.8) is 0 Å². The summed E-state index contributed by atoms with van der Waals surface area (Å²) in [7, 11) is 3.19. The van der Waals surface area contributed by atoms with E-state index in [1.165, 1.54) is 0 Å². The van der Waals surface area contributed by atoms with Crippen LogP contribution in [-0.4, -0.2) is 26.6 Å². The van der Waals surface area contributed by atoms with E-state index >= 15 is 0 Å². The van der Waals surface area contributed by atoms with Gasteiger partial charge in [0.15, 0.2) is 5.78 Å². The van der Waals surface area contributed by atoms with E-state index in [-0.39, 0.29) is 12.4 Å². The third kappa shape index (κ3) is 4.33. The fourth-order valence-electron chi connectivity index (χ4n) is 1.90. The summed E-state index contributed by atoms with van der Waals surface area (Å²) in [6.07, 6.45) is 0. The van der Waals surface area contributed by atoms with Crippen molar-refractivity contribution in [1.82, 2.24) is 0 Å². The second kappa shape index (κ2) is 7.45. The minimum Gasteiger partial charge on any atom is -0.497 e. The van der Waals surface area contributed by atoms with Crippen LogP contribution in [0.25, 0.3) is 0 Å². The first kappa shape index (κ1) is 15.1. The molecule has 0 heterocycles. The van der Waals surface area contributed by atoms with E-state index in [0.29, 0.717) is 17.9 Å². The topological polar surface area (TPSA) is 44.8 Å². The number of ketones is 1. The number of ether oxygens (including phenoxy) is 3. The van der Waals surface area contributed by atoms with Gasteiger partial charge in [-0.3, -0.25) is 4.79 Å². The number of hydrogen-bond donors (Lipinski definition) is 0. The second-order valence-corrected chi connectivity index (χ2v) is 4.50. The summed E-state index contributed by atoms with van der Waals surface area (Å²) < 4.78 is 15.7. The van der Waals surface area contributed by atoms with Crippen molar-refractivity contribution in [2.75, 3.05) is 20.8 Å². The highest BCUT2D eigenvalue weighted by Crippen LogP contribution is 2.15. The van der Waals surface area contributed by atoms with Gasteiger partial charge in [-0.1, -0.05) is 24.3 Å². The Kier molecular flexibility index (Phi) is 5.35. The molecule has 110 valence electrons. The lowest BCUT2D eigenvalue weighted by Gasteiger charge is -2.07. The summed E-state index contributed by atoms with van der Waals surface area (Å²) in [6, 6.07) is 14.6. The SMILES string of the molecule is COc1cccc(COCC(=O)c2cccc(OC)c2)c1. The smallest absolute Gasteiger partial charge is 0.188 e. The van der Waals surface area contributed by atoms with Crippen molar-refractivity contribution >= 4 is 5.78 Å². The van der Waals surface area contributed by atoms with Crippen molar-refractivity contribution in [2.24, 2.45) is 0 Å². The molecule has 0 aliphatic heterocycles. The van der Waals surface area contributed by atoms with E-state index in [9.17, 15) is 4.79 Å². The van der Waals surface area contributed by atoms with Crippen LogP contribution in [0.15, 0.2) is 48.5 Å². The minimum absolute atomic E-state index is 0.0321. The lowest BCUT2D eigenvalue weighted by Crippen LogP contribution is -2.09. The molecule has 0 amide bonds. The quantitative estimate of drug-likeness (QED) is 0.734. The summed E-state index contributed by atoms with van der Waals surface area (Å²) in [5.74, 6) is 1.36. The van der Waals surface area contributed by atoms with Gasteiger partial charge in [-0.25, -0.2) is 0 Å². The average Bonchev–Trinajstić information content (AvgIpc) is 2.55. The largest absolute Gasteiger partial charge is 0.497 e. The van der Waals surface area contributed by atoms with Gasteiger partial charge in [0.1, 0.15) is 18.1 Å². The molecule has 0 radical (unpaired) electrons. The third-order valence-corrected chi connectivity index (χ3v) is 3.03. The summed E-state index contributed by atoms with van der Waals surface area (Å²) in [6.45, 7) is 0.400. The molecule has 0 atom stereocenters. The van der Waals surface area contributed by atoms with E-state index in [1.54, 1.807) is 38.5 Å². The van der Waals surface area contributed by atoms with E-state index in [2.05, 4.69) is 0 Å². The van der Waals surface area contributed by atoms with Crippen molar-refractivity contribution in [1.29, 1.82) is 0 Å². The lowest BCUT2D eigenvalue weighted by atomic mass is 10.1. The molecule has 0 aromatic heterocycles. The molecule has 0 aliphatic rings. The molecule has 0 N–H and O–H groups in total. The summed E-state index contributed by atoms with van der Waals surface area (Å²) in [4.78, 5) is 12.0. The molecule has 2 aromatic carbocycles. The second-order valence-electron chi connectivity index (χ2n) is 4.50. The normalized spacial score (nSPS) is 10.2. The van der Waals surface area contributed by atoms with Gasteiger partial charge in [0, 0.05) is 5.56 Å². The molecule has 0 aliphatic carbocycles. The van der Waals surface area contributed by atoms with Crippen LogP contribution in [0, 0.1) is 0 Å². The Morgan fingerprint density at radius 1 is 0.952 bits per heavy atom. The first-order valence-electron chi connectivity index (χ1n) is 6.61. The zero-order chi connectivity index (χ0) is 15.1. The number of methoxy groups -OCH3 is 2. The number of rotatable bonds is 7. The maximum Gasteiger partial charge on any atom is 0.188 e. The zero-order valence-electron chi connectivity index (χ0n) is 12.2. The van der Waals surface area contributed by atoms with Crippen LogP contribution in [-0.2, 0) is 11.3 Å². The van der Waals surface area contributed by atoms with E-state index in [0.717, 1.165) is 11.3 Å². The van der Waals surface area contributed by atoms with E-state index in [4.69, 9.17) is 14.2 Å². The predicted octanol–water partition coefficient (Wildman–Crippen LogP) is 3.10. The first-order chi connectivity index (χ1) is 10.2. The van der Waals surface area contributed by atoms with Gasteiger partial charge in [-0.15, -0.1) is 0 Å². The van der Waals surface area contributed by atoms with Crippen LogP contribution in [0.4, 0.5) is 0 Å². The van der Waals surface area contributed by atoms with E-state index < -0.39 is 0 Å². The number of hydrogen-bond acceptors (Lipinski definition) is 4. The molecule has 0 fully saturated rings. The number of Topliss-reactive ketones (excluding diaryl/α,β-unsaturated/α-hetero) is 1. The Morgan fingerprint density at radius 3 is 2.33 bits per heavy atom. The molecule has 0 saturated carbocycles. The Labute approximate surface area is 124 Å². The Bertz CT molecular complexity index is 607. The van der Waals surface area contributed by atoms with Crippen molar-refractivity contribution in [3.8, 4) is 11.5 Å². The summed E-state index contributed by atoms with van der Waals surface area (Å²) >= 11 is 0. The minimum atomic E-state index is -0.0724. The maximum absolute atomic E-state index is 12.0. The van der Waals surface area contributed by atoms with Crippen molar-refractivity contribution in [3.05, 3.63) is 59.7 Å². The third-order valence-electron chi connectivity index (χ3n) is 3.03. The highest BCUT2D eigenvalue weighted by Gasteiger charge is 2.07. The monoisotopic (exact) mass is 286 g/mol. The maximum atomic E-state index is 12.0. The predicted molar refractivity (Wildman–Crippen MR) is 80.0 cm³/mol. The zero-order valence-corrected chi connectivity index (χ0v) is 12.2. The Balaban J connectivity index is 1.88. The number of carbonyl (C=O) groups is 1. The molecule has 0 unspecified atom stereocenters. The van der Waals surface area contributed by atoms with E-state index in [1.807, 2.05) is 24.3 Å². The average molecular weight is 286 g/mol. The van der Waals surface area contributed by atoms with Gasteiger partial charge in [0.05, 0.1) is 20.8 Å². The highest BCUT2D eigenvalue weighted by atomic mass is 16.5. The van der Waals surface area contributed by atoms with Crippen LogP contribution in [0.2, 0.25) is 0 Å². The number of carbonyl (C=O) groups excluding carboxylic acids is 1. The summed E-state index contributed by atoms with van der Waals surface area (Å²) in [5, 5.41) is 0. The van der Waals surface area contributed by atoms with Crippen LogP contribution in [0.1, 0.15) is 15.9 Å². The molecular formula is C17H18O4. The summed E-state index contributed by atoms with van der Waals surface area (Å²) in [5.41, 5.74) is 1.55. The Hall–Kier alpha value is -2.33. The van der Waals surface area contributed by atoms with Crippen molar-refractivity contribution < 1.29 is 19.0 Å².